The summed E-state index contributed by atoms with van der Waals surface area (Å²) >= 11 is 12.3. The lowest BCUT2D eigenvalue weighted by Gasteiger charge is -2.54. The van der Waals surface area contributed by atoms with Crippen LogP contribution in [0.15, 0.2) is 48.5 Å². The van der Waals surface area contributed by atoms with Gasteiger partial charge in [-0.05, 0) is 49.2 Å². The van der Waals surface area contributed by atoms with Gasteiger partial charge in [-0.1, -0.05) is 59.6 Å². The van der Waals surface area contributed by atoms with E-state index in [2.05, 4.69) is 45.0 Å². The molecule has 3 fully saturated rings. The second-order valence-electron chi connectivity index (χ2n) is 9.37. The number of benzene rings is 2. The number of piperazine rings is 1. The van der Waals surface area contributed by atoms with Gasteiger partial charge < -0.3 is 9.64 Å². The fourth-order valence-electron chi connectivity index (χ4n) is 5.68. The van der Waals surface area contributed by atoms with E-state index in [-0.39, 0.29) is 24.0 Å². The number of carbonyl (C=O) groups excluding carboxylic acids is 1. The molecule has 5 nitrogen and oxygen atoms in total. The topological polar surface area (TPSA) is 36.0 Å². The Bertz CT molecular complexity index is 967. The molecule has 1 amide bonds. The zero-order chi connectivity index (χ0) is 22.8. The largest absolute Gasteiger partial charge is 0.378 e. The first kappa shape index (κ1) is 23.1. The second kappa shape index (κ2) is 10.3. The third-order valence-electron chi connectivity index (χ3n) is 7.32. The average Bonchev–Trinajstić information content (AvgIpc) is 3.37. The van der Waals surface area contributed by atoms with Gasteiger partial charge in [0.05, 0.1) is 47.8 Å². The lowest BCUT2D eigenvalue weighted by molar-refractivity contribution is -0.153. The Morgan fingerprint density at radius 2 is 1.64 bits per heavy atom. The van der Waals surface area contributed by atoms with Crippen molar-refractivity contribution in [1.82, 2.24) is 14.7 Å². The lowest BCUT2D eigenvalue weighted by atomic mass is 9.90. The highest BCUT2D eigenvalue weighted by Crippen LogP contribution is 2.31. The Morgan fingerprint density at radius 3 is 2.39 bits per heavy atom. The molecule has 0 bridgehead atoms. The van der Waals surface area contributed by atoms with Crippen molar-refractivity contribution < 1.29 is 9.53 Å². The SMILES string of the molecule is O=C(Cc1ccc(Cl)c(Cl)c1)N1CCN(Cc2ccccc2)[C@H]2COC[C@@H](N3CCCC3)[C@@H]21. The molecule has 0 saturated carbocycles. The third-order valence-corrected chi connectivity index (χ3v) is 8.06. The fraction of sp³-hybridized carbons (Fsp3) is 0.500. The monoisotopic (exact) mass is 487 g/mol. The summed E-state index contributed by atoms with van der Waals surface area (Å²) in [5, 5.41) is 1.01. The van der Waals surface area contributed by atoms with Crippen molar-refractivity contribution in [3.8, 4) is 0 Å². The van der Waals surface area contributed by atoms with Crippen molar-refractivity contribution in [3.63, 3.8) is 0 Å². The molecule has 33 heavy (non-hydrogen) atoms. The number of halogens is 2. The summed E-state index contributed by atoms with van der Waals surface area (Å²) in [6.07, 6.45) is 2.78. The van der Waals surface area contributed by atoms with Gasteiger partial charge in [0.25, 0.3) is 0 Å². The number of likely N-dealkylation sites (tertiary alicyclic amines) is 1. The summed E-state index contributed by atoms with van der Waals surface area (Å²) in [7, 11) is 0. The van der Waals surface area contributed by atoms with Crippen molar-refractivity contribution in [2.24, 2.45) is 0 Å². The average molecular weight is 488 g/mol. The number of fused-ring (bicyclic) bond motifs is 1. The van der Waals surface area contributed by atoms with Gasteiger partial charge in [-0.2, -0.15) is 0 Å². The van der Waals surface area contributed by atoms with Crippen LogP contribution in [0.2, 0.25) is 10.0 Å². The van der Waals surface area contributed by atoms with Crippen LogP contribution in [-0.2, 0) is 22.5 Å². The number of carbonyl (C=O) groups is 1. The molecule has 0 aliphatic carbocycles. The Hall–Kier alpha value is -1.63. The maximum absolute atomic E-state index is 13.6. The first-order valence-corrected chi connectivity index (χ1v) is 12.7. The van der Waals surface area contributed by atoms with Gasteiger partial charge in [-0.15, -0.1) is 0 Å². The molecule has 0 aromatic heterocycles. The smallest absolute Gasteiger partial charge is 0.227 e. The molecule has 3 atom stereocenters. The molecule has 176 valence electrons. The fourth-order valence-corrected chi connectivity index (χ4v) is 6.00. The molecule has 3 saturated heterocycles. The Morgan fingerprint density at radius 1 is 0.879 bits per heavy atom. The molecule has 3 aliphatic heterocycles. The van der Waals surface area contributed by atoms with Crippen LogP contribution in [0.3, 0.4) is 0 Å². The van der Waals surface area contributed by atoms with Gasteiger partial charge in [0.2, 0.25) is 5.91 Å². The van der Waals surface area contributed by atoms with Crippen molar-refractivity contribution >= 4 is 29.1 Å². The summed E-state index contributed by atoms with van der Waals surface area (Å²) in [6, 6.07) is 16.6. The Balaban J connectivity index is 1.39. The molecular formula is C26H31Cl2N3O2. The van der Waals surface area contributed by atoms with E-state index in [9.17, 15) is 4.79 Å². The molecule has 2 aromatic rings. The molecule has 0 unspecified atom stereocenters. The van der Waals surface area contributed by atoms with Gasteiger partial charge >= 0.3 is 0 Å². The predicted octanol–water partition coefficient (Wildman–Crippen LogP) is 4.11. The summed E-state index contributed by atoms with van der Waals surface area (Å²) in [5.74, 6) is 0.161. The summed E-state index contributed by atoms with van der Waals surface area (Å²) in [6.45, 7) is 6.00. The number of hydrogen-bond donors (Lipinski definition) is 0. The van der Waals surface area contributed by atoms with E-state index >= 15 is 0 Å². The molecule has 0 radical (unpaired) electrons. The Kier molecular flexibility index (Phi) is 7.24. The van der Waals surface area contributed by atoms with Crippen LogP contribution >= 0.6 is 23.2 Å². The summed E-state index contributed by atoms with van der Waals surface area (Å²) in [5.41, 5.74) is 2.21. The maximum atomic E-state index is 13.6. The van der Waals surface area contributed by atoms with Crippen molar-refractivity contribution in [3.05, 3.63) is 69.7 Å². The van der Waals surface area contributed by atoms with E-state index < -0.39 is 0 Å². The second-order valence-corrected chi connectivity index (χ2v) is 10.2. The normalized spacial score (nSPS) is 26.4. The number of hydrogen-bond acceptors (Lipinski definition) is 4. The van der Waals surface area contributed by atoms with Gasteiger partial charge in [0.15, 0.2) is 0 Å². The molecule has 0 N–H and O–H groups in total. The molecule has 7 heteroatoms. The number of amides is 1. The van der Waals surface area contributed by atoms with E-state index in [0.717, 1.165) is 38.3 Å². The van der Waals surface area contributed by atoms with E-state index in [0.29, 0.717) is 29.7 Å². The first-order valence-electron chi connectivity index (χ1n) is 11.9. The lowest BCUT2D eigenvalue weighted by Crippen LogP contribution is -2.71. The van der Waals surface area contributed by atoms with E-state index in [1.165, 1.54) is 18.4 Å². The molecule has 0 spiro atoms. The zero-order valence-corrected chi connectivity index (χ0v) is 20.3. The highest BCUT2D eigenvalue weighted by Gasteiger charge is 2.47. The van der Waals surface area contributed by atoms with Crippen molar-refractivity contribution in [2.75, 3.05) is 39.4 Å². The first-order chi connectivity index (χ1) is 16.1. The highest BCUT2D eigenvalue weighted by molar-refractivity contribution is 6.42. The quantitative estimate of drug-likeness (QED) is 0.635. The van der Waals surface area contributed by atoms with Crippen LogP contribution in [0.25, 0.3) is 0 Å². The zero-order valence-electron chi connectivity index (χ0n) is 18.8. The molecule has 3 heterocycles. The maximum Gasteiger partial charge on any atom is 0.227 e. The number of nitrogens with zero attached hydrogens (tertiary/aromatic N) is 3. The predicted molar refractivity (Wildman–Crippen MR) is 132 cm³/mol. The number of ether oxygens (including phenoxy) is 1. The van der Waals surface area contributed by atoms with Gasteiger partial charge in [-0.25, -0.2) is 0 Å². The minimum Gasteiger partial charge on any atom is -0.378 e. The molecule has 2 aromatic carbocycles. The Labute approximate surface area is 206 Å². The van der Waals surface area contributed by atoms with Crippen LogP contribution in [0, 0.1) is 0 Å². The summed E-state index contributed by atoms with van der Waals surface area (Å²) < 4.78 is 6.15. The van der Waals surface area contributed by atoms with Crippen LogP contribution in [0.1, 0.15) is 24.0 Å². The number of rotatable bonds is 5. The van der Waals surface area contributed by atoms with Gasteiger partial charge in [0, 0.05) is 19.6 Å². The summed E-state index contributed by atoms with van der Waals surface area (Å²) in [4.78, 5) is 20.8. The third kappa shape index (κ3) is 5.08. The van der Waals surface area contributed by atoms with E-state index in [1.54, 1.807) is 6.07 Å². The van der Waals surface area contributed by atoms with Gasteiger partial charge in [0.1, 0.15) is 0 Å². The molecular weight excluding hydrogens is 457 g/mol. The van der Waals surface area contributed by atoms with Crippen molar-refractivity contribution in [2.45, 2.75) is 43.9 Å². The minimum atomic E-state index is 0.129. The van der Waals surface area contributed by atoms with E-state index in [4.69, 9.17) is 27.9 Å². The van der Waals surface area contributed by atoms with Crippen LogP contribution in [0.4, 0.5) is 0 Å². The van der Waals surface area contributed by atoms with Crippen LogP contribution in [-0.4, -0.2) is 78.1 Å². The standard InChI is InChI=1S/C26H31Cl2N3O2/c27-21-9-8-20(14-22(21)28)15-25(32)31-13-12-30(16-19-6-2-1-3-7-19)24-18-33-17-23(26(24)31)29-10-4-5-11-29/h1-3,6-9,14,23-24,26H,4-5,10-13,15-18H2/t23-,24+,26+/m1/s1. The van der Waals surface area contributed by atoms with Crippen LogP contribution in [0.5, 0.6) is 0 Å². The van der Waals surface area contributed by atoms with E-state index in [1.807, 2.05) is 12.1 Å². The molecule has 3 aliphatic rings. The van der Waals surface area contributed by atoms with Gasteiger partial charge in [-0.3, -0.25) is 14.6 Å². The van der Waals surface area contributed by atoms with Crippen LogP contribution < -0.4 is 0 Å². The molecule has 5 rings (SSSR count). The van der Waals surface area contributed by atoms with Crippen molar-refractivity contribution in [1.29, 1.82) is 0 Å². The minimum absolute atomic E-state index is 0.129. The highest BCUT2D eigenvalue weighted by atomic mass is 35.5.